The summed E-state index contributed by atoms with van der Waals surface area (Å²) in [6.45, 7) is 6.70. The highest BCUT2D eigenvalue weighted by molar-refractivity contribution is 7.99. The van der Waals surface area contributed by atoms with Crippen molar-refractivity contribution in [3.63, 3.8) is 0 Å². The van der Waals surface area contributed by atoms with Gasteiger partial charge in [-0.25, -0.2) is 4.79 Å². The van der Waals surface area contributed by atoms with Crippen LogP contribution in [0.3, 0.4) is 0 Å². The van der Waals surface area contributed by atoms with E-state index >= 15 is 0 Å². The Morgan fingerprint density at radius 2 is 1.95 bits per heavy atom. The third kappa shape index (κ3) is 5.98. The summed E-state index contributed by atoms with van der Waals surface area (Å²) >= 11 is 1.70. The van der Waals surface area contributed by atoms with Crippen LogP contribution in [0.1, 0.15) is 37.9 Å². The third-order valence-electron chi connectivity index (χ3n) is 3.51. The Morgan fingerprint density at radius 3 is 2.43 bits per heavy atom. The molecular weight excluding hydrogens is 284 g/mol. The molecule has 0 heterocycles. The van der Waals surface area contributed by atoms with E-state index in [9.17, 15) is 9.90 Å². The van der Waals surface area contributed by atoms with Gasteiger partial charge in [0.25, 0.3) is 0 Å². The maximum atomic E-state index is 11.9. The van der Waals surface area contributed by atoms with Crippen LogP contribution in [0.25, 0.3) is 0 Å². The Morgan fingerprint density at radius 1 is 1.33 bits per heavy atom. The van der Waals surface area contributed by atoms with Crippen molar-refractivity contribution >= 4 is 17.8 Å². The lowest BCUT2D eigenvalue weighted by Gasteiger charge is -2.24. The smallest absolute Gasteiger partial charge is 0.315 e. The number of carbonyl (C=O) groups is 1. The van der Waals surface area contributed by atoms with Crippen molar-refractivity contribution in [1.29, 1.82) is 0 Å². The summed E-state index contributed by atoms with van der Waals surface area (Å²) in [6.07, 6.45) is 2.99. The molecule has 1 aromatic carbocycles. The Hall–Kier alpha value is -1.20. The molecule has 0 saturated carbocycles. The predicted molar refractivity (Wildman–Crippen MR) is 89.8 cm³/mol. The van der Waals surface area contributed by atoms with Crippen molar-refractivity contribution in [2.75, 3.05) is 19.4 Å². The van der Waals surface area contributed by atoms with Crippen molar-refractivity contribution in [1.82, 2.24) is 10.6 Å². The number of carbonyl (C=O) groups excluding carboxylic acids is 1. The normalized spacial score (nSPS) is 12.8. The van der Waals surface area contributed by atoms with Gasteiger partial charge in [-0.2, -0.15) is 11.8 Å². The molecule has 0 bridgehead atoms. The Kier molecular flexibility index (Phi) is 7.05. The number of nitrogens with one attached hydrogen (secondary N) is 2. The predicted octanol–water partition coefficient (Wildman–Crippen LogP) is 2.72. The lowest BCUT2D eigenvalue weighted by atomic mass is 10.0. The number of aliphatic hydroxyl groups excluding tert-OH is 1. The van der Waals surface area contributed by atoms with Crippen LogP contribution in [0.2, 0.25) is 0 Å². The molecule has 0 fully saturated rings. The molecule has 1 aromatic rings. The first-order valence-corrected chi connectivity index (χ1v) is 8.43. The van der Waals surface area contributed by atoms with Crippen LogP contribution in [0.4, 0.5) is 4.79 Å². The maximum absolute atomic E-state index is 11.9. The van der Waals surface area contributed by atoms with Crippen LogP contribution in [-0.2, 0) is 6.42 Å². The molecule has 1 unspecified atom stereocenters. The highest BCUT2D eigenvalue weighted by Gasteiger charge is 2.18. The molecule has 0 aliphatic rings. The van der Waals surface area contributed by atoms with Crippen LogP contribution in [0.5, 0.6) is 0 Å². The number of amides is 2. The number of hydrogen-bond acceptors (Lipinski definition) is 3. The summed E-state index contributed by atoms with van der Waals surface area (Å²) in [5.41, 5.74) is 2.15. The molecule has 0 radical (unpaired) electrons. The summed E-state index contributed by atoms with van der Waals surface area (Å²) in [6, 6.07) is 7.31. The number of benzene rings is 1. The van der Waals surface area contributed by atoms with Crippen molar-refractivity contribution in [2.45, 2.75) is 38.0 Å². The summed E-state index contributed by atoms with van der Waals surface area (Å²) < 4.78 is -0.00513. The van der Waals surface area contributed by atoms with E-state index in [1.54, 1.807) is 11.8 Å². The van der Waals surface area contributed by atoms with Gasteiger partial charge in [0.1, 0.15) is 0 Å². The number of rotatable bonds is 7. The number of urea groups is 1. The van der Waals surface area contributed by atoms with Crippen LogP contribution >= 0.6 is 11.8 Å². The molecule has 118 valence electrons. The summed E-state index contributed by atoms with van der Waals surface area (Å²) in [5.74, 6) is 0. The molecule has 21 heavy (non-hydrogen) atoms. The highest BCUT2D eigenvalue weighted by atomic mass is 32.2. The molecule has 1 rings (SSSR count). The number of thioether (sulfide) groups is 1. The van der Waals surface area contributed by atoms with Gasteiger partial charge in [0, 0.05) is 11.3 Å². The first-order chi connectivity index (χ1) is 9.91. The van der Waals surface area contributed by atoms with Crippen molar-refractivity contribution in [3.8, 4) is 0 Å². The molecule has 4 nitrogen and oxygen atoms in total. The summed E-state index contributed by atoms with van der Waals surface area (Å²) in [4.78, 5) is 11.9. The molecule has 0 aliphatic carbocycles. The van der Waals surface area contributed by atoms with Gasteiger partial charge >= 0.3 is 6.03 Å². The second-order valence-electron chi connectivity index (χ2n) is 5.62. The lowest BCUT2D eigenvalue weighted by Crippen LogP contribution is -2.44. The molecular formula is C16H26N2O2S. The van der Waals surface area contributed by atoms with E-state index in [2.05, 4.69) is 31.4 Å². The highest BCUT2D eigenvalue weighted by Crippen LogP contribution is 2.19. The fourth-order valence-electron chi connectivity index (χ4n) is 1.79. The number of aliphatic hydroxyl groups is 1. The van der Waals surface area contributed by atoms with Gasteiger partial charge in [0.2, 0.25) is 0 Å². The maximum Gasteiger partial charge on any atom is 0.315 e. The standard InChI is InChI=1S/C16H26N2O2S/c1-5-12-6-8-13(9-7-12)14(10-19)18-15(20)17-11-16(2,3)21-4/h6-9,14,19H,5,10-11H2,1-4H3,(H2,17,18,20). The van der Waals surface area contributed by atoms with Crippen molar-refractivity contribution in [3.05, 3.63) is 35.4 Å². The van der Waals surface area contributed by atoms with E-state index in [1.807, 2.05) is 30.5 Å². The quantitative estimate of drug-likeness (QED) is 0.725. The average molecular weight is 310 g/mol. The van der Waals surface area contributed by atoms with Crippen molar-refractivity contribution in [2.24, 2.45) is 0 Å². The third-order valence-corrected chi connectivity index (χ3v) is 4.75. The van der Waals surface area contributed by atoms with Crippen molar-refractivity contribution < 1.29 is 9.90 Å². The molecule has 0 aliphatic heterocycles. The molecule has 0 spiro atoms. The van der Waals surface area contributed by atoms with Gasteiger partial charge < -0.3 is 15.7 Å². The minimum absolute atomic E-state index is 0.00513. The topological polar surface area (TPSA) is 61.4 Å². The van der Waals surface area contributed by atoms with Gasteiger partial charge in [-0.15, -0.1) is 0 Å². The van der Waals surface area contributed by atoms with E-state index in [-0.39, 0.29) is 23.4 Å². The van der Waals surface area contributed by atoms with Gasteiger partial charge in [-0.1, -0.05) is 31.2 Å². The summed E-state index contributed by atoms with van der Waals surface area (Å²) in [5, 5.41) is 15.1. The fourth-order valence-corrected chi connectivity index (χ4v) is 2.01. The average Bonchev–Trinajstić information content (AvgIpc) is 2.51. The molecule has 3 N–H and O–H groups in total. The Labute approximate surface area is 131 Å². The zero-order valence-corrected chi connectivity index (χ0v) is 14.1. The fraction of sp³-hybridized carbons (Fsp3) is 0.562. The summed E-state index contributed by atoms with van der Waals surface area (Å²) in [7, 11) is 0. The largest absolute Gasteiger partial charge is 0.394 e. The van der Waals surface area contributed by atoms with Gasteiger partial charge in [-0.3, -0.25) is 0 Å². The molecule has 5 heteroatoms. The van der Waals surface area contributed by atoms with Crippen LogP contribution in [-0.4, -0.2) is 35.3 Å². The van der Waals surface area contributed by atoms with E-state index < -0.39 is 0 Å². The van der Waals surface area contributed by atoms with E-state index in [1.165, 1.54) is 5.56 Å². The van der Waals surface area contributed by atoms with E-state index in [0.29, 0.717) is 6.54 Å². The number of aryl methyl sites for hydroxylation is 1. The monoisotopic (exact) mass is 310 g/mol. The first kappa shape index (κ1) is 17.9. The Balaban J connectivity index is 2.58. The minimum atomic E-state index is -0.381. The van der Waals surface area contributed by atoms with Crippen LogP contribution < -0.4 is 10.6 Å². The van der Waals surface area contributed by atoms with Gasteiger partial charge in [-0.05, 0) is 37.7 Å². The SMILES string of the molecule is CCc1ccc(C(CO)NC(=O)NCC(C)(C)SC)cc1. The molecule has 0 aromatic heterocycles. The molecule has 0 saturated heterocycles. The van der Waals surface area contributed by atoms with Crippen LogP contribution in [0.15, 0.2) is 24.3 Å². The zero-order valence-electron chi connectivity index (χ0n) is 13.3. The minimum Gasteiger partial charge on any atom is -0.394 e. The number of hydrogen-bond donors (Lipinski definition) is 3. The van der Waals surface area contributed by atoms with Gasteiger partial charge in [0.05, 0.1) is 12.6 Å². The van der Waals surface area contributed by atoms with Gasteiger partial charge in [0.15, 0.2) is 0 Å². The zero-order chi connectivity index (χ0) is 15.9. The lowest BCUT2D eigenvalue weighted by molar-refractivity contribution is 0.216. The van der Waals surface area contributed by atoms with E-state index in [0.717, 1.165) is 12.0 Å². The second kappa shape index (κ2) is 8.29. The molecule has 1 atom stereocenters. The Bertz CT molecular complexity index is 446. The molecule has 2 amide bonds. The first-order valence-electron chi connectivity index (χ1n) is 7.21. The van der Waals surface area contributed by atoms with Crippen LogP contribution in [0, 0.1) is 0 Å². The van der Waals surface area contributed by atoms with E-state index in [4.69, 9.17) is 0 Å². The second-order valence-corrected chi connectivity index (χ2v) is 7.13.